The third-order valence-electron chi connectivity index (χ3n) is 6.82. The number of carbonyl (C=O) groups excluding carboxylic acids is 1. The Balaban J connectivity index is 1.36. The van der Waals surface area contributed by atoms with E-state index in [0.717, 1.165) is 47.1 Å². The number of carboxylic acid groups (broad SMARTS) is 1. The van der Waals surface area contributed by atoms with Crippen LogP contribution in [0.2, 0.25) is 0 Å². The standard InChI is InChI=1S/C30H28N2O5/c1-18-28(31-30(35)36-19(2)20-7-4-3-5-8-20)29(37-32-18)22-13-11-21(12-14-22)25-16-15-23(17-27(33)34)24-9-6-10-26(24)25/h3-5,7-8,11-16,19H,6,9-10,17H2,1-2H3,(H,31,35)(H,33,34). The second-order valence-electron chi connectivity index (χ2n) is 9.29. The van der Waals surface area contributed by atoms with Crippen molar-refractivity contribution in [2.75, 3.05) is 5.32 Å². The Morgan fingerprint density at radius 1 is 1.00 bits per heavy atom. The van der Waals surface area contributed by atoms with Crippen LogP contribution in [0.15, 0.2) is 71.3 Å². The molecule has 0 saturated carbocycles. The lowest BCUT2D eigenvalue weighted by Gasteiger charge is -2.14. The van der Waals surface area contributed by atoms with Crippen LogP contribution in [0.4, 0.5) is 10.5 Å². The first-order valence-electron chi connectivity index (χ1n) is 12.4. The molecule has 0 radical (unpaired) electrons. The van der Waals surface area contributed by atoms with Crippen molar-refractivity contribution in [2.45, 2.75) is 45.6 Å². The minimum absolute atomic E-state index is 0.0503. The van der Waals surface area contributed by atoms with Gasteiger partial charge < -0.3 is 14.4 Å². The van der Waals surface area contributed by atoms with Gasteiger partial charge in [-0.3, -0.25) is 10.1 Å². The predicted molar refractivity (Wildman–Crippen MR) is 140 cm³/mol. The summed E-state index contributed by atoms with van der Waals surface area (Å²) in [6.07, 6.45) is 1.94. The van der Waals surface area contributed by atoms with Gasteiger partial charge in [0.25, 0.3) is 0 Å². The zero-order chi connectivity index (χ0) is 25.9. The molecule has 7 nitrogen and oxygen atoms in total. The van der Waals surface area contributed by atoms with Crippen molar-refractivity contribution in [3.63, 3.8) is 0 Å². The van der Waals surface area contributed by atoms with Crippen LogP contribution in [0.3, 0.4) is 0 Å². The van der Waals surface area contributed by atoms with Crippen molar-refractivity contribution < 1.29 is 24.0 Å². The first kappa shape index (κ1) is 24.3. The molecule has 188 valence electrons. The van der Waals surface area contributed by atoms with E-state index in [-0.39, 0.29) is 6.42 Å². The molecule has 7 heteroatoms. The topological polar surface area (TPSA) is 102 Å². The predicted octanol–water partition coefficient (Wildman–Crippen LogP) is 6.74. The molecule has 3 aromatic carbocycles. The lowest BCUT2D eigenvalue weighted by Crippen LogP contribution is -2.16. The van der Waals surface area contributed by atoms with Gasteiger partial charge in [-0.05, 0) is 66.5 Å². The van der Waals surface area contributed by atoms with Crippen molar-refractivity contribution in [3.05, 3.63) is 94.7 Å². The van der Waals surface area contributed by atoms with E-state index in [1.165, 1.54) is 11.1 Å². The fourth-order valence-corrected chi connectivity index (χ4v) is 4.98. The summed E-state index contributed by atoms with van der Waals surface area (Å²) in [5, 5.41) is 16.1. The zero-order valence-corrected chi connectivity index (χ0v) is 20.8. The number of hydrogen-bond donors (Lipinski definition) is 2. The van der Waals surface area contributed by atoms with E-state index >= 15 is 0 Å². The summed E-state index contributed by atoms with van der Waals surface area (Å²) in [4.78, 5) is 23.9. The lowest BCUT2D eigenvalue weighted by molar-refractivity contribution is -0.136. The third kappa shape index (κ3) is 5.11. The zero-order valence-electron chi connectivity index (χ0n) is 20.8. The van der Waals surface area contributed by atoms with Crippen molar-refractivity contribution in [2.24, 2.45) is 0 Å². The summed E-state index contributed by atoms with van der Waals surface area (Å²) in [5.74, 6) is -0.355. The van der Waals surface area contributed by atoms with Gasteiger partial charge in [0.2, 0.25) is 0 Å². The fraction of sp³-hybridized carbons (Fsp3) is 0.233. The summed E-state index contributed by atoms with van der Waals surface area (Å²) in [6.45, 7) is 3.58. The number of fused-ring (bicyclic) bond motifs is 1. The summed E-state index contributed by atoms with van der Waals surface area (Å²) in [6, 6.07) is 21.4. The van der Waals surface area contributed by atoms with Crippen LogP contribution in [0.1, 0.15) is 47.4 Å². The third-order valence-corrected chi connectivity index (χ3v) is 6.82. The van der Waals surface area contributed by atoms with Gasteiger partial charge >= 0.3 is 12.1 Å². The Labute approximate surface area is 215 Å². The maximum atomic E-state index is 12.6. The molecule has 1 unspecified atom stereocenters. The molecule has 4 aromatic rings. The Bertz CT molecular complexity index is 1440. The van der Waals surface area contributed by atoms with Gasteiger partial charge in [-0.2, -0.15) is 0 Å². The van der Waals surface area contributed by atoms with Gasteiger partial charge in [0.15, 0.2) is 5.76 Å². The minimum Gasteiger partial charge on any atom is -0.481 e. The Hall–Kier alpha value is -4.39. The molecule has 0 saturated heterocycles. The SMILES string of the molecule is Cc1noc(-c2ccc(-c3ccc(CC(=O)O)c4c3CCC4)cc2)c1NC(=O)OC(C)c1ccccc1. The molecule has 0 spiro atoms. The van der Waals surface area contributed by atoms with Crippen molar-refractivity contribution in [3.8, 4) is 22.5 Å². The van der Waals surface area contributed by atoms with Crippen LogP contribution in [0.5, 0.6) is 0 Å². The number of amides is 1. The maximum Gasteiger partial charge on any atom is 0.412 e. The highest BCUT2D eigenvalue weighted by Gasteiger charge is 2.22. The summed E-state index contributed by atoms with van der Waals surface area (Å²) in [5.41, 5.74) is 8.18. The highest BCUT2D eigenvalue weighted by molar-refractivity contribution is 5.91. The monoisotopic (exact) mass is 496 g/mol. The Morgan fingerprint density at radius 3 is 2.43 bits per heavy atom. The normalized spacial score (nSPS) is 13.1. The van der Waals surface area contributed by atoms with Crippen LogP contribution in [0.25, 0.3) is 22.5 Å². The first-order chi connectivity index (χ1) is 17.9. The summed E-state index contributed by atoms with van der Waals surface area (Å²) < 4.78 is 11.1. The number of anilines is 1. The second kappa shape index (κ2) is 10.3. The number of hydrogen-bond acceptors (Lipinski definition) is 5. The van der Waals surface area contributed by atoms with Crippen LogP contribution < -0.4 is 5.32 Å². The molecular weight excluding hydrogens is 468 g/mol. The van der Waals surface area contributed by atoms with Gasteiger partial charge in [-0.15, -0.1) is 0 Å². The number of ether oxygens (including phenoxy) is 1. The molecule has 1 heterocycles. The largest absolute Gasteiger partial charge is 0.481 e. The first-order valence-corrected chi connectivity index (χ1v) is 12.4. The highest BCUT2D eigenvalue weighted by atomic mass is 16.6. The van der Waals surface area contributed by atoms with Crippen molar-refractivity contribution >= 4 is 17.7 Å². The van der Waals surface area contributed by atoms with Crippen LogP contribution in [-0.2, 0) is 28.8 Å². The van der Waals surface area contributed by atoms with E-state index < -0.39 is 18.2 Å². The van der Waals surface area contributed by atoms with Crippen molar-refractivity contribution in [1.82, 2.24) is 5.16 Å². The average Bonchev–Trinajstić information content (AvgIpc) is 3.52. The fourth-order valence-electron chi connectivity index (χ4n) is 4.98. The van der Waals surface area contributed by atoms with E-state index in [1.807, 2.05) is 73.7 Å². The van der Waals surface area contributed by atoms with Crippen molar-refractivity contribution in [1.29, 1.82) is 0 Å². The number of rotatable bonds is 7. The van der Waals surface area contributed by atoms with Gasteiger partial charge in [-0.1, -0.05) is 71.9 Å². The van der Waals surface area contributed by atoms with Crippen LogP contribution in [0, 0.1) is 6.92 Å². The molecule has 0 fully saturated rings. The number of nitrogens with one attached hydrogen (secondary N) is 1. The van der Waals surface area contributed by atoms with E-state index in [1.54, 1.807) is 6.92 Å². The molecular formula is C30H28N2O5. The number of aromatic nitrogens is 1. The molecule has 1 amide bonds. The van der Waals surface area contributed by atoms with Gasteiger partial charge in [0, 0.05) is 5.56 Å². The van der Waals surface area contributed by atoms with Crippen LogP contribution in [-0.4, -0.2) is 22.3 Å². The number of carbonyl (C=O) groups is 2. The quantitative estimate of drug-likeness (QED) is 0.294. The van der Waals surface area contributed by atoms with E-state index in [4.69, 9.17) is 9.26 Å². The van der Waals surface area contributed by atoms with Gasteiger partial charge in [0.05, 0.1) is 6.42 Å². The minimum atomic E-state index is -0.809. The molecule has 0 bridgehead atoms. The van der Waals surface area contributed by atoms with E-state index in [9.17, 15) is 14.7 Å². The number of nitrogens with zero attached hydrogens (tertiary/aromatic N) is 1. The Morgan fingerprint density at radius 2 is 1.70 bits per heavy atom. The maximum absolute atomic E-state index is 12.6. The number of aryl methyl sites for hydroxylation is 1. The number of aliphatic carboxylic acids is 1. The van der Waals surface area contributed by atoms with E-state index in [0.29, 0.717) is 17.1 Å². The lowest BCUT2D eigenvalue weighted by atomic mass is 9.92. The van der Waals surface area contributed by atoms with Gasteiger partial charge in [0.1, 0.15) is 17.5 Å². The molecule has 1 aliphatic rings. The average molecular weight is 497 g/mol. The summed E-state index contributed by atoms with van der Waals surface area (Å²) in [7, 11) is 0. The molecule has 5 rings (SSSR count). The molecule has 37 heavy (non-hydrogen) atoms. The molecule has 2 N–H and O–H groups in total. The second-order valence-corrected chi connectivity index (χ2v) is 9.29. The smallest absolute Gasteiger partial charge is 0.412 e. The van der Waals surface area contributed by atoms with E-state index in [2.05, 4.69) is 10.5 Å². The van der Waals surface area contributed by atoms with Gasteiger partial charge in [-0.25, -0.2) is 4.79 Å². The van der Waals surface area contributed by atoms with Crippen LogP contribution >= 0.6 is 0 Å². The Kier molecular flexibility index (Phi) is 6.77. The molecule has 1 atom stereocenters. The number of carboxylic acids is 1. The molecule has 1 aromatic heterocycles. The highest BCUT2D eigenvalue weighted by Crippen LogP contribution is 2.37. The summed E-state index contributed by atoms with van der Waals surface area (Å²) >= 11 is 0. The molecule has 1 aliphatic carbocycles. The molecule has 0 aliphatic heterocycles. The number of benzene rings is 3.